The molecular weight excluding hydrogens is 775 g/mol. The van der Waals surface area contributed by atoms with Crippen molar-refractivity contribution in [1.82, 2.24) is 14.9 Å². The average molecular weight is 830 g/mol. The molecule has 5 aromatic rings. The van der Waals surface area contributed by atoms with Gasteiger partial charge >= 0.3 is 0 Å². The first-order valence-corrected chi connectivity index (χ1v) is 20.9. The van der Waals surface area contributed by atoms with Gasteiger partial charge in [-0.3, -0.25) is 9.59 Å². The maximum absolute atomic E-state index is 13.7. The van der Waals surface area contributed by atoms with Gasteiger partial charge in [0.15, 0.2) is 16.8 Å². The molecule has 2 aliphatic heterocycles. The molecule has 2 aromatic carbocycles. The molecule has 8 N–H and O–H groups in total. The summed E-state index contributed by atoms with van der Waals surface area (Å²) in [5, 5.41) is 68.0. The van der Waals surface area contributed by atoms with Crippen LogP contribution < -0.4 is 15.5 Å². The summed E-state index contributed by atoms with van der Waals surface area (Å²) in [7, 11) is 0. The van der Waals surface area contributed by atoms with E-state index in [2.05, 4.69) is 17.2 Å². The number of hydrogen-bond acceptors (Lipinski definition) is 12. The number of nitrogens with one attached hydrogen (secondary N) is 2. The van der Waals surface area contributed by atoms with Crippen LogP contribution in [-0.4, -0.2) is 101 Å². The predicted molar refractivity (Wildman–Crippen MR) is 220 cm³/mol. The number of fused-ring (bicyclic) bond motifs is 3. The minimum Gasteiger partial charge on any atom is -0.508 e. The molecule has 1 spiro atoms. The van der Waals surface area contributed by atoms with Gasteiger partial charge in [0.05, 0.1) is 22.9 Å². The lowest BCUT2D eigenvalue weighted by Crippen LogP contribution is -2.58. The van der Waals surface area contributed by atoms with Gasteiger partial charge in [-0.2, -0.15) is 0 Å². The van der Waals surface area contributed by atoms with E-state index in [9.17, 15) is 40.2 Å². The molecule has 7 atom stereocenters. The van der Waals surface area contributed by atoms with Crippen LogP contribution in [0, 0.1) is 18.3 Å². The van der Waals surface area contributed by atoms with Gasteiger partial charge in [-0.15, -0.1) is 0 Å². The van der Waals surface area contributed by atoms with Gasteiger partial charge in [0, 0.05) is 54.5 Å². The number of aliphatic hydroxyl groups is 5. The number of aromatic nitrogens is 2. The number of aryl methyl sites for hydroxylation is 2. The van der Waals surface area contributed by atoms with Gasteiger partial charge in [-0.1, -0.05) is 31.9 Å². The molecule has 1 saturated heterocycles. The zero-order chi connectivity index (χ0) is 42.6. The number of aromatic hydroxyl groups is 1. The quantitative estimate of drug-likeness (QED) is 0.0557. The van der Waals surface area contributed by atoms with Crippen LogP contribution in [0.25, 0.3) is 27.6 Å². The van der Waals surface area contributed by atoms with Crippen LogP contribution in [0.15, 0.2) is 64.1 Å². The normalized spacial score (nSPS) is 23.7. The first-order chi connectivity index (χ1) is 28.7. The second-order valence-electron chi connectivity index (χ2n) is 17.3. The fourth-order valence-corrected chi connectivity index (χ4v) is 9.93. The highest BCUT2D eigenvalue weighted by atomic mass is 17.2. The van der Waals surface area contributed by atoms with E-state index < -0.39 is 54.2 Å². The molecule has 0 radical (unpaired) electrons. The van der Waals surface area contributed by atoms with Crippen molar-refractivity contribution in [3.8, 4) is 17.2 Å². The lowest BCUT2D eigenvalue weighted by Gasteiger charge is -2.43. The Bertz CT molecular complexity index is 2420. The number of H-pyrrole nitrogens is 1. The van der Waals surface area contributed by atoms with Crippen LogP contribution in [0.4, 0.5) is 0 Å². The third-order valence-corrected chi connectivity index (χ3v) is 13.4. The minimum atomic E-state index is -2.27. The number of nitrogens with zero attached hydrogens (tertiary/aromatic N) is 1. The summed E-state index contributed by atoms with van der Waals surface area (Å²) >= 11 is 0. The molecule has 3 aromatic heterocycles. The zero-order valence-corrected chi connectivity index (χ0v) is 34.1. The number of carbonyl (C=O) groups excluding carboxylic acids is 1. The van der Waals surface area contributed by atoms with Crippen molar-refractivity contribution in [2.24, 2.45) is 11.3 Å². The van der Waals surface area contributed by atoms with E-state index in [-0.39, 0.29) is 35.8 Å². The molecule has 2 fully saturated rings. The molecule has 0 bridgehead atoms. The summed E-state index contributed by atoms with van der Waals surface area (Å²) in [5.74, 6) is 1.07. The Hall–Kier alpha value is -4.74. The van der Waals surface area contributed by atoms with E-state index in [1.165, 1.54) is 30.3 Å². The van der Waals surface area contributed by atoms with E-state index in [0.29, 0.717) is 65.1 Å². The molecule has 322 valence electrons. The molecule has 60 heavy (non-hydrogen) atoms. The number of phenols is 1. The van der Waals surface area contributed by atoms with E-state index >= 15 is 0 Å². The maximum atomic E-state index is 13.7. The first kappa shape index (κ1) is 42.0. The van der Waals surface area contributed by atoms with E-state index in [1.54, 1.807) is 13.0 Å². The van der Waals surface area contributed by atoms with Gasteiger partial charge in [-0.25, -0.2) is 9.78 Å². The molecule has 1 saturated carbocycles. The first-order valence-electron chi connectivity index (χ1n) is 20.9. The summed E-state index contributed by atoms with van der Waals surface area (Å²) in [6, 6.07) is 11.1. The van der Waals surface area contributed by atoms with Crippen molar-refractivity contribution in [2.45, 2.75) is 114 Å². The third-order valence-electron chi connectivity index (χ3n) is 13.4. The molecule has 1 amide bonds. The predicted octanol–water partition coefficient (Wildman–Crippen LogP) is 3.79. The van der Waals surface area contributed by atoms with E-state index in [4.69, 9.17) is 18.9 Å². The Morgan fingerprint density at radius 3 is 2.53 bits per heavy atom. The van der Waals surface area contributed by atoms with E-state index in [1.807, 2.05) is 30.0 Å². The molecular formula is C45H55N3O12. The lowest BCUT2D eigenvalue weighted by molar-refractivity contribution is -0.371. The van der Waals surface area contributed by atoms with Crippen LogP contribution in [0.5, 0.6) is 11.5 Å². The van der Waals surface area contributed by atoms with Crippen LogP contribution >= 0.6 is 0 Å². The van der Waals surface area contributed by atoms with Crippen molar-refractivity contribution in [1.29, 1.82) is 0 Å². The van der Waals surface area contributed by atoms with E-state index in [0.717, 1.165) is 42.3 Å². The fourth-order valence-electron chi connectivity index (χ4n) is 9.93. The number of hydrogen-bond donors (Lipinski definition) is 8. The number of amides is 1. The van der Waals surface area contributed by atoms with Crippen LogP contribution in [-0.2, 0) is 33.8 Å². The molecule has 15 nitrogen and oxygen atoms in total. The topological polar surface area (TPSA) is 229 Å². The number of rotatable bonds is 15. The van der Waals surface area contributed by atoms with Crippen LogP contribution in [0.3, 0.4) is 0 Å². The second kappa shape index (κ2) is 16.3. The number of carbonyl (C=O) groups is 1. The van der Waals surface area contributed by atoms with Crippen molar-refractivity contribution in [3.05, 3.63) is 87.7 Å². The number of aromatic amines is 1. The largest absolute Gasteiger partial charge is 0.508 e. The molecule has 5 heterocycles. The Morgan fingerprint density at radius 2 is 1.82 bits per heavy atom. The van der Waals surface area contributed by atoms with Crippen LogP contribution in [0.1, 0.15) is 75.0 Å². The molecule has 15 heteroatoms. The Kier molecular flexibility index (Phi) is 11.4. The molecule has 1 aliphatic carbocycles. The molecule has 0 unspecified atom stereocenters. The van der Waals surface area contributed by atoms with Crippen molar-refractivity contribution >= 4 is 27.8 Å². The van der Waals surface area contributed by atoms with Gasteiger partial charge < -0.3 is 54.7 Å². The second-order valence-corrected chi connectivity index (χ2v) is 17.3. The Labute approximate surface area is 346 Å². The number of aliphatic hydroxyl groups excluding tert-OH is 4. The summed E-state index contributed by atoms with van der Waals surface area (Å²) < 4.78 is 15.6. The molecule has 3 aliphatic rings. The molecule has 8 rings (SSSR count). The minimum absolute atomic E-state index is 0.0178. The Balaban J connectivity index is 1.18. The summed E-state index contributed by atoms with van der Waals surface area (Å²) in [6.07, 6.45) is 2.43. The average Bonchev–Trinajstić information content (AvgIpc) is 4.03. The summed E-state index contributed by atoms with van der Waals surface area (Å²) in [5.41, 5.74) is -0.138. The highest BCUT2D eigenvalue weighted by Crippen LogP contribution is 2.51. The van der Waals surface area contributed by atoms with Crippen molar-refractivity contribution in [2.75, 3.05) is 19.8 Å². The Morgan fingerprint density at radius 1 is 1.07 bits per heavy atom. The zero-order valence-electron chi connectivity index (χ0n) is 34.1. The summed E-state index contributed by atoms with van der Waals surface area (Å²) in [6.45, 7) is 4.68. The summed E-state index contributed by atoms with van der Waals surface area (Å²) in [4.78, 5) is 42.4. The SMILES string of the molecule is CCc1c2cc[nH]c2cn1-c1c2c(cc3c(=O)cc(C)oc13)C[C@@H](OOC[C@@](O)(Cc1ccc(O)cc1)[C@@H](O)[C@H](O)[C@H](O)CO)[C@@](C)(CC[C@H]1CNC(=O)C13CCCC3)O2. The smallest absolute Gasteiger partial charge is 0.226 e. The van der Waals surface area contributed by atoms with Crippen molar-refractivity contribution < 1.29 is 54.4 Å². The standard InChI is InChI=1S/C45H55N3O12/c1-4-33-30-12-16-46-32(30)22-48(33)37-39-27(18-31-34(51)17-25(2)58-40(31)37)19-36(43(3,59-39)15-11-28-21-47-42(55)44(28)13-5-6-14-44)60-57-24-45(56,41(54)38(53)35(52)23-49)20-26-7-9-29(50)10-8-26/h7-10,12,16-18,22,28,35-36,38,41,46,49-50,52-54,56H,4-6,11,13-15,19-21,23-24H2,1-3H3,(H,47,55)/t28-,35+,36+,38+,41-,43+,45-/m0/s1. The highest BCUT2D eigenvalue weighted by molar-refractivity contribution is 5.92. The highest BCUT2D eigenvalue weighted by Gasteiger charge is 2.53. The lowest BCUT2D eigenvalue weighted by atomic mass is 9.72. The number of benzene rings is 2. The van der Waals surface area contributed by atoms with Crippen LogP contribution in [0.2, 0.25) is 0 Å². The number of phenolic OH excluding ortho intramolecular Hbond substituents is 1. The van der Waals surface area contributed by atoms with Gasteiger partial charge in [-0.05, 0) is 81.7 Å². The fraction of sp³-hybridized carbons (Fsp3) is 0.511. The van der Waals surface area contributed by atoms with Gasteiger partial charge in [0.1, 0.15) is 59.4 Å². The van der Waals surface area contributed by atoms with Gasteiger partial charge in [0.25, 0.3) is 0 Å². The van der Waals surface area contributed by atoms with Gasteiger partial charge in [0.2, 0.25) is 5.91 Å². The maximum Gasteiger partial charge on any atom is 0.226 e. The number of ether oxygens (including phenoxy) is 1. The van der Waals surface area contributed by atoms with Crippen molar-refractivity contribution in [3.63, 3.8) is 0 Å². The monoisotopic (exact) mass is 829 g/mol. The third kappa shape index (κ3) is 7.39.